The molecule has 1 amide bonds. The van der Waals surface area contributed by atoms with Crippen LogP contribution in [0.2, 0.25) is 18.1 Å². The van der Waals surface area contributed by atoms with Crippen molar-refractivity contribution in [1.82, 2.24) is 9.97 Å². The Bertz CT molecular complexity index is 1200. The molecule has 3 aromatic rings. The van der Waals surface area contributed by atoms with Crippen molar-refractivity contribution in [3.05, 3.63) is 48.7 Å². The number of benzene rings is 2. The van der Waals surface area contributed by atoms with E-state index in [0.717, 1.165) is 33.7 Å². The van der Waals surface area contributed by atoms with Gasteiger partial charge in [0.25, 0.3) is 0 Å². The number of nitrogens with zero attached hydrogens (tertiary/aromatic N) is 3. The second-order valence-electron chi connectivity index (χ2n) is 11.4. The number of hydrogen-bond acceptors (Lipinski definition) is 6. The van der Waals surface area contributed by atoms with E-state index in [1.807, 2.05) is 63.2 Å². The van der Waals surface area contributed by atoms with E-state index in [4.69, 9.17) is 18.9 Å². The molecular formula is C28H39N3O4Si. The molecule has 3 rings (SSSR count). The Labute approximate surface area is 215 Å². The molecule has 0 saturated carbocycles. The van der Waals surface area contributed by atoms with Crippen molar-refractivity contribution in [3.8, 4) is 17.0 Å². The summed E-state index contributed by atoms with van der Waals surface area (Å²) in [5.41, 5.74) is 3.38. The van der Waals surface area contributed by atoms with Gasteiger partial charge in [0, 0.05) is 24.4 Å². The van der Waals surface area contributed by atoms with Crippen molar-refractivity contribution in [3.63, 3.8) is 0 Å². The van der Waals surface area contributed by atoms with E-state index in [2.05, 4.69) is 38.8 Å². The Morgan fingerprint density at radius 1 is 0.944 bits per heavy atom. The van der Waals surface area contributed by atoms with Gasteiger partial charge in [-0.3, -0.25) is 9.88 Å². The quantitative estimate of drug-likeness (QED) is 0.250. The number of carbonyl (C=O) groups excluding carboxylic acids is 1. The number of hydrogen-bond donors (Lipinski definition) is 0. The summed E-state index contributed by atoms with van der Waals surface area (Å²) in [6.07, 6.45) is 1.35. The molecule has 194 valence electrons. The molecule has 1 heterocycles. The highest BCUT2D eigenvalue weighted by atomic mass is 28.4. The van der Waals surface area contributed by atoms with E-state index in [1.54, 1.807) is 13.2 Å². The van der Waals surface area contributed by atoms with Gasteiger partial charge in [0.15, 0.2) is 8.32 Å². The average Bonchev–Trinajstić information content (AvgIpc) is 2.79. The van der Waals surface area contributed by atoms with Gasteiger partial charge in [0.1, 0.15) is 18.0 Å². The van der Waals surface area contributed by atoms with E-state index in [9.17, 15) is 4.79 Å². The van der Waals surface area contributed by atoms with Crippen LogP contribution in [0.15, 0.2) is 48.7 Å². The SMILES string of the molecule is CN(C(=O)OC(C)(C)C)c1ccc(-c2cnc3ccc(OCCO[Si](C)(C)C(C)(C)C)cc3n2)cc1. The van der Waals surface area contributed by atoms with Crippen LogP contribution in [0.25, 0.3) is 22.3 Å². The van der Waals surface area contributed by atoms with Gasteiger partial charge < -0.3 is 13.9 Å². The molecule has 0 saturated heterocycles. The first-order valence-corrected chi connectivity index (χ1v) is 15.2. The second kappa shape index (κ2) is 10.6. The topological polar surface area (TPSA) is 73.8 Å². The van der Waals surface area contributed by atoms with Gasteiger partial charge in [-0.15, -0.1) is 0 Å². The highest BCUT2D eigenvalue weighted by Crippen LogP contribution is 2.36. The highest BCUT2D eigenvalue weighted by Gasteiger charge is 2.36. The fourth-order valence-corrected chi connectivity index (χ4v) is 4.21. The summed E-state index contributed by atoms with van der Waals surface area (Å²) in [5.74, 6) is 0.738. The lowest BCUT2D eigenvalue weighted by Gasteiger charge is -2.36. The normalized spacial score (nSPS) is 12.5. The van der Waals surface area contributed by atoms with Crippen LogP contribution in [0.1, 0.15) is 41.5 Å². The molecule has 0 spiro atoms. The zero-order chi connectivity index (χ0) is 26.7. The van der Waals surface area contributed by atoms with E-state index >= 15 is 0 Å². The van der Waals surface area contributed by atoms with E-state index < -0.39 is 20.0 Å². The fourth-order valence-electron chi connectivity index (χ4n) is 3.18. The average molecular weight is 510 g/mol. The summed E-state index contributed by atoms with van der Waals surface area (Å²) < 4.78 is 17.6. The standard InChI is InChI=1S/C28H39N3O4Si/c1-27(2,3)35-26(32)31(7)21-12-10-20(11-13-21)25-19-29-23-15-14-22(18-24(23)30-25)33-16-17-34-36(8,9)28(4,5)6/h10-15,18-19H,16-17H2,1-9H3. The first-order chi connectivity index (χ1) is 16.7. The van der Waals surface area contributed by atoms with Crippen LogP contribution < -0.4 is 9.64 Å². The number of ether oxygens (including phenoxy) is 2. The zero-order valence-corrected chi connectivity index (χ0v) is 24.0. The Morgan fingerprint density at radius 2 is 1.61 bits per heavy atom. The van der Waals surface area contributed by atoms with Crippen LogP contribution in [-0.4, -0.2) is 50.2 Å². The lowest BCUT2D eigenvalue weighted by atomic mass is 10.1. The molecule has 0 N–H and O–H groups in total. The molecule has 0 unspecified atom stereocenters. The van der Waals surface area contributed by atoms with Crippen molar-refractivity contribution in [1.29, 1.82) is 0 Å². The van der Waals surface area contributed by atoms with Crippen molar-refractivity contribution in [2.24, 2.45) is 0 Å². The van der Waals surface area contributed by atoms with Crippen molar-refractivity contribution in [2.45, 2.75) is 65.3 Å². The number of amides is 1. The Balaban J connectivity index is 1.68. The summed E-state index contributed by atoms with van der Waals surface area (Å²) in [6, 6.07) is 13.3. The Kier molecular flexibility index (Phi) is 8.10. The van der Waals surface area contributed by atoms with Gasteiger partial charge >= 0.3 is 6.09 Å². The Morgan fingerprint density at radius 3 is 2.22 bits per heavy atom. The van der Waals surface area contributed by atoms with Crippen molar-refractivity contribution in [2.75, 3.05) is 25.2 Å². The fraction of sp³-hybridized carbons (Fsp3) is 0.464. The smallest absolute Gasteiger partial charge is 0.414 e. The number of carbonyl (C=O) groups is 1. The highest BCUT2D eigenvalue weighted by molar-refractivity contribution is 6.74. The summed E-state index contributed by atoms with van der Waals surface area (Å²) in [6.45, 7) is 17.7. The molecule has 0 atom stereocenters. The summed E-state index contributed by atoms with van der Waals surface area (Å²) in [7, 11) is -0.0989. The van der Waals surface area contributed by atoms with Gasteiger partial charge in [-0.2, -0.15) is 0 Å². The largest absolute Gasteiger partial charge is 0.491 e. The lowest BCUT2D eigenvalue weighted by molar-refractivity contribution is 0.0589. The van der Waals surface area contributed by atoms with Crippen LogP contribution in [0.3, 0.4) is 0 Å². The maximum Gasteiger partial charge on any atom is 0.414 e. The molecule has 8 heteroatoms. The third kappa shape index (κ3) is 7.04. The molecule has 7 nitrogen and oxygen atoms in total. The first kappa shape index (κ1) is 27.6. The predicted molar refractivity (Wildman–Crippen MR) is 148 cm³/mol. The van der Waals surface area contributed by atoms with E-state index in [1.165, 1.54) is 4.90 Å². The van der Waals surface area contributed by atoms with Crippen LogP contribution in [0.5, 0.6) is 5.75 Å². The molecular weight excluding hydrogens is 470 g/mol. The lowest BCUT2D eigenvalue weighted by Crippen LogP contribution is -2.41. The molecule has 0 aliphatic heterocycles. The van der Waals surface area contributed by atoms with Crippen LogP contribution in [0, 0.1) is 0 Å². The maximum atomic E-state index is 12.3. The van der Waals surface area contributed by atoms with Crippen LogP contribution >= 0.6 is 0 Å². The minimum atomic E-state index is -1.79. The van der Waals surface area contributed by atoms with Gasteiger partial charge in [0.2, 0.25) is 0 Å². The van der Waals surface area contributed by atoms with Crippen LogP contribution in [0.4, 0.5) is 10.5 Å². The monoisotopic (exact) mass is 509 g/mol. The number of rotatable bonds is 7. The minimum absolute atomic E-state index is 0.172. The molecule has 0 fully saturated rings. The molecule has 36 heavy (non-hydrogen) atoms. The molecule has 2 aromatic carbocycles. The Hall–Kier alpha value is -2.97. The van der Waals surface area contributed by atoms with Crippen molar-refractivity contribution >= 4 is 31.1 Å². The van der Waals surface area contributed by atoms with E-state index in [-0.39, 0.29) is 5.04 Å². The first-order valence-electron chi connectivity index (χ1n) is 12.3. The van der Waals surface area contributed by atoms with Crippen LogP contribution in [-0.2, 0) is 9.16 Å². The molecule has 0 aliphatic rings. The number of anilines is 1. The number of aromatic nitrogens is 2. The zero-order valence-electron chi connectivity index (χ0n) is 23.0. The van der Waals surface area contributed by atoms with Gasteiger partial charge in [-0.1, -0.05) is 32.9 Å². The van der Waals surface area contributed by atoms with Gasteiger partial charge in [-0.25, -0.2) is 9.78 Å². The van der Waals surface area contributed by atoms with Gasteiger partial charge in [-0.05, 0) is 63.2 Å². The second-order valence-corrected chi connectivity index (χ2v) is 16.3. The van der Waals surface area contributed by atoms with E-state index in [0.29, 0.717) is 13.2 Å². The van der Waals surface area contributed by atoms with Crippen molar-refractivity contribution < 1.29 is 18.7 Å². The van der Waals surface area contributed by atoms with Gasteiger partial charge in [0.05, 0.1) is 29.5 Å². The summed E-state index contributed by atoms with van der Waals surface area (Å²) in [4.78, 5) is 23.2. The third-order valence-electron chi connectivity index (χ3n) is 6.35. The molecule has 0 radical (unpaired) electrons. The summed E-state index contributed by atoms with van der Waals surface area (Å²) >= 11 is 0. The maximum absolute atomic E-state index is 12.3. The summed E-state index contributed by atoms with van der Waals surface area (Å²) in [5, 5.41) is 0.172. The third-order valence-corrected chi connectivity index (χ3v) is 10.9. The predicted octanol–water partition coefficient (Wildman–Crippen LogP) is 7.07. The molecule has 0 bridgehead atoms. The minimum Gasteiger partial charge on any atom is -0.491 e. The molecule has 0 aliphatic carbocycles. The molecule has 1 aromatic heterocycles. The number of fused-ring (bicyclic) bond motifs is 1.